The molecule has 0 aliphatic rings. The van der Waals surface area contributed by atoms with Crippen LogP contribution < -0.4 is 4.57 Å². The van der Waals surface area contributed by atoms with E-state index in [4.69, 9.17) is 0 Å². The molecule has 0 radical (unpaired) electrons. The minimum absolute atomic E-state index is 0.167. The molecule has 1 heterocycles. The maximum atomic E-state index is 2.37. The van der Waals surface area contributed by atoms with Crippen LogP contribution in [0.15, 0.2) is 48.7 Å². The van der Waals surface area contributed by atoms with E-state index in [9.17, 15) is 0 Å². The van der Waals surface area contributed by atoms with E-state index in [1.54, 1.807) is 0 Å². The van der Waals surface area contributed by atoms with Crippen LogP contribution >= 0.6 is 0 Å². The third-order valence-electron chi connectivity index (χ3n) is 5.19. The number of nitrogens with zero attached hydrogens (tertiary/aromatic N) is 1. The molecule has 1 nitrogen and oxygen atoms in total. The first-order valence-electron chi connectivity index (χ1n) is 9.22. The summed E-state index contributed by atoms with van der Waals surface area (Å²) < 4.78 is 2.26. The zero-order chi connectivity index (χ0) is 18.4. The minimum Gasteiger partial charge on any atom is -0.200 e. The molecule has 0 N–H and O–H groups in total. The summed E-state index contributed by atoms with van der Waals surface area (Å²) >= 11 is 0. The van der Waals surface area contributed by atoms with Crippen LogP contribution in [-0.2, 0) is 12.5 Å². The molecule has 1 aromatic heterocycles. The van der Waals surface area contributed by atoms with Crippen molar-refractivity contribution < 1.29 is 4.57 Å². The lowest BCUT2D eigenvalue weighted by Crippen LogP contribution is -2.30. The first-order chi connectivity index (χ1) is 11.7. The Labute approximate surface area is 152 Å². The zero-order valence-corrected chi connectivity index (χ0v) is 16.6. The number of aryl methyl sites for hydroxylation is 2. The fourth-order valence-electron chi connectivity index (χ4n) is 3.43. The van der Waals surface area contributed by atoms with Crippen LogP contribution in [-0.4, -0.2) is 0 Å². The van der Waals surface area contributed by atoms with E-state index in [2.05, 4.69) is 102 Å². The molecule has 0 aliphatic carbocycles. The van der Waals surface area contributed by atoms with Crippen LogP contribution in [0, 0.1) is 6.92 Å². The van der Waals surface area contributed by atoms with Gasteiger partial charge in [0.05, 0.1) is 5.39 Å². The van der Waals surface area contributed by atoms with Gasteiger partial charge in [-0.15, -0.1) is 0 Å². The molecule has 25 heavy (non-hydrogen) atoms. The maximum Gasteiger partial charge on any atom is 0.220 e. The molecule has 0 fully saturated rings. The topological polar surface area (TPSA) is 3.88 Å². The number of rotatable bonds is 2. The van der Waals surface area contributed by atoms with Crippen molar-refractivity contribution in [1.29, 1.82) is 0 Å². The van der Waals surface area contributed by atoms with Gasteiger partial charge >= 0.3 is 0 Å². The summed E-state index contributed by atoms with van der Waals surface area (Å²) in [6.07, 6.45) is 2.19. The van der Waals surface area contributed by atoms with Crippen LogP contribution in [0.2, 0.25) is 0 Å². The van der Waals surface area contributed by atoms with E-state index < -0.39 is 0 Å². The van der Waals surface area contributed by atoms with Gasteiger partial charge in [-0.05, 0) is 52.5 Å². The summed E-state index contributed by atoms with van der Waals surface area (Å²) in [6.45, 7) is 13.5. The van der Waals surface area contributed by atoms with Gasteiger partial charge in [-0.3, -0.25) is 0 Å². The van der Waals surface area contributed by atoms with Crippen LogP contribution in [0.25, 0.3) is 22.0 Å². The smallest absolute Gasteiger partial charge is 0.200 e. The second kappa shape index (κ2) is 6.29. The lowest BCUT2D eigenvalue weighted by Gasteiger charge is -2.20. The monoisotopic (exact) mass is 332 g/mol. The number of aromatic nitrogens is 1. The van der Waals surface area contributed by atoms with Crippen LogP contribution in [0.5, 0.6) is 0 Å². The minimum atomic E-state index is 0.167. The van der Waals surface area contributed by atoms with Crippen molar-refractivity contribution in [3.8, 4) is 11.3 Å². The molecule has 1 heteroatoms. The lowest BCUT2D eigenvalue weighted by molar-refractivity contribution is -0.659. The molecule has 0 saturated carbocycles. The van der Waals surface area contributed by atoms with Crippen LogP contribution in [0.4, 0.5) is 0 Å². The van der Waals surface area contributed by atoms with E-state index in [-0.39, 0.29) is 5.41 Å². The number of fused-ring (bicyclic) bond motifs is 1. The summed E-state index contributed by atoms with van der Waals surface area (Å²) in [6, 6.07) is 16.0. The molecule has 0 amide bonds. The Bertz CT molecular complexity index is 927. The SMILES string of the molecule is Cc1ccc(C(C)C)cc1-c1c2ccc(C(C)(C)C)cc2cc[n+]1C. The zero-order valence-electron chi connectivity index (χ0n) is 16.6. The van der Waals surface area contributed by atoms with Gasteiger partial charge in [-0.25, -0.2) is 4.57 Å². The van der Waals surface area contributed by atoms with E-state index in [0.29, 0.717) is 5.92 Å². The third-order valence-corrected chi connectivity index (χ3v) is 5.19. The average molecular weight is 333 g/mol. The quantitative estimate of drug-likeness (QED) is 0.502. The molecule has 3 aromatic rings. The number of benzene rings is 2. The Morgan fingerprint density at radius 3 is 2.28 bits per heavy atom. The van der Waals surface area contributed by atoms with Gasteiger partial charge in [0, 0.05) is 11.6 Å². The second-order valence-corrected chi connectivity index (χ2v) is 8.56. The molecule has 0 atom stereocenters. The highest BCUT2D eigenvalue weighted by molar-refractivity contribution is 5.94. The second-order valence-electron chi connectivity index (χ2n) is 8.56. The number of pyridine rings is 1. The Balaban J connectivity index is 2.30. The first-order valence-corrected chi connectivity index (χ1v) is 9.22. The highest BCUT2D eigenvalue weighted by Crippen LogP contribution is 2.32. The molecular formula is C24H30N+. The van der Waals surface area contributed by atoms with Crippen molar-refractivity contribution in [2.24, 2.45) is 7.05 Å². The van der Waals surface area contributed by atoms with Gasteiger partial charge in [-0.1, -0.05) is 58.9 Å². The van der Waals surface area contributed by atoms with Crippen molar-refractivity contribution in [3.05, 3.63) is 65.4 Å². The van der Waals surface area contributed by atoms with Gasteiger partial charge in [0.1, 0.15) is 7.05 Å². The van der Waals surface area contributed by atoms with E-state index in [1.165, 1.54) is 38.7 Å². The summed E-state index contributed by atoms with van der Waals surface area (Å²) in [7, 11) is 2.15. The Hall–Kier alpha value is -2.15. The first kappa shape index (κ1) is 17.7. The van der Waals surface area contributed by atoms with Gasteiger partial charge in [0.15, 0.2) is 6.20 Å². The molecule has 0 bridgehead atoms. The molecule has 3 rings (SSSR count). The standard InChI is InChI=1S/C24H30N/c1-16(2)18-9-8-17(3)22(15-18)23-21-11-10-20(24(4,5)6)14-19(21)12-13-25(23)7/h8-16H,1-7H3/q+1. The molecule has 130 valence electrons. The average Bonchev–Trinajstić information content (AvgIpc) is 2.54. The highest BCUT2D eigenvalue weighted by Gasteiger charge is 2.20. The van der Waals surface area contributed by atoms with Crippen LogP contribution in [0.1, 0.15) is 57.2 Å². The Morgan fingerprint density at radius 2 is 1.64 bits per heavy atom. The van der Waals surface area contributed by atoms with Gasteiger partial charge in [-0.2, -0.15) is 0 Å². The van der Waals surface area contributed by atoms with Gasteiger partial charge in [0.2, 0.25) is 5.69 Å². The van der Waals surface area contributed by atoms with Crippen molar-refractivity contribution >= 4 is 10.8 Å². The molecular weight excluding hydrogens is 302 g/mol. The molecule has 0 spiro atoms. The van der Waals surface area contributed by atoms with Crippen molar-refractivity contribution in [2.45, 2.75) is 52.9 Å². The fraction of sp³-hybridized carbons (Fsp3) is 0.375. The summed E-state index contributed by atoms with van der Waals surface area (Å²) in [5, 5.41) is 2.64. The largest absolute Gasteiger partial charge is 0.220 e. The van der Waals surface area contributed by atoms with Crippen LogP contribution in [0.3, 0.4) is 0 Å². The van der Waals surface area contributed by atoms with Gasteiger partial charge < -0.3 is 0 Å². The van der Waals surface area contributed by atoms with Crippen molar-refractivity contribution in [1.82, 2.24) is 0 Å². The number of hydrogen-bond donors (Lipinski definition) is 0. The fourth-order valence-corrected chi connectivity index (χ4v) is 3.43. The number of hydrogen-bond acceptors (Lipinski definition) is 0. The summed E-state index contributed by atoms with van der Waals surface area (Å²) in [5.74, 6) is 0.534. The lowest BCUT2D eigenvalue weighted by atomic mass is 9.85. The molecule has 0 saturated heterocycles. The normalized spacial score (nSPS) is 12.2. The molecule has 2 aromatic carbocycles. The maximum absolute atomic E-state index is 2.37. The predicted molar refractivity (Wildman–Crippen MR) is 108 cm³/mol. The molecule has 0 aliphatic heterocycles. The van der Waals surface area contributed by atoms with Gasteiger partial charge in [0.25, 0.3) is 0 Å². The summed E-state index contributed by atoms with van der Waals surface area (Å²) in [4.78, 5) is 0. The predicted octanol–water partition coefficient (Wildman–Crippen LogP) is 6.06. The van der Waals surface area contributed by atoms with Crippen molar-refractivity contribution in [3.63, 3.8) is 0 Å². The van der Waals surface area contributed by atoms with E-state index >= 15 is 0 Å². The van der Waals surface area contributed by atoms with Crippen molar-refractivity contribution in [2.75, 3.05) is 0 Å². The van der Waals surface area contributed by atoms with E-state index in [0.717, 1.165) is 0 Å². The van der Waals surface area contributed by atoms with E-state index in [1.807, 2.05) is 0 Å². The Morgan fingerprint density at radius 1 is 0.920 bits per heavy atom. The third kappa shape index (κ3) is 3.33. The highest BCUT2D eigenvalue weighted by atomic mass is 14.9. The molecule has 0 unspecified atom stereocenters. The Kier molecular flexibility index (Phi) is 4.45. The summed E-state index contributed by atoms with van der Waals surface area (Å²) in [5.41, 5.74) is 6.91.